The molecule has 0 aliphatic heterocycles. The molecule has 154 valence electrons. The number of anilines is 1. The van der Waals surface area contributed by atoms with Gasteiger partial charge in [0.2, 0.25) is 0 Å². The van der Waals surface area contributed by atoms with Gasteiger partial charge in [-0.15, -0.1) is 0 Å². The fourth-order valence-corrected chi connectivity index (χ4v) is 2.94. The summed E-state index contributed by atoms with van der Waals surface area (Å²) in [6, 6.07) is 17.4. The number of methoxy groups -OCH3 is 1. The number of hydrogen-bond acceptors (Lipinski definition) is 6. The number of nitro groups is 1. The molecular formula is C22H20N2O6. The van der Waals surface area contributed by atoms with E-state index >= 15 is 0 Å². The van der Waals surface area contributed by atoms with Crippen LogP contribution in [-0.4, -0.2) is 30.0 Å². The van der Waals surface area contributed by atoms with Gasteiger partial charge in [-0.05, 0) is 35.4 Å². The smallest absolute Gasteiger partial charge is 0.311 e. The second kappa shape index (κ2) is 9.04. The number of carbonyl (C=O) groups is 2. The zero-order chi connectivity index (χ0) is 21.7. The molecule has 0 saturated heterocycles. The van der Waals surface area contributed by atoms with Crippen molar-refractivity contribution in [2.75, 3.05) is 12.4 Å². The highest BCUT2D eigenvalue weighted by molar-refractivity contribution is 5.97. The Bertz CT molecular complexity index is 1110. The monoisotopic (exact) mass is 408 g/mol. The summed E-state index contributed by atoms with van der Waals surface area (Å²) in [5.41, 5.74) is 0.428. The van der Waals surface area contributed by atoms with Crippen LogP contribution in [0.2, 0.25) is 0 Å². The predicted molar refractivity (Wildman–Crippen MR) is 111 cm³/mol. The average molecular weight is 408 g/mol. The summed E-state index contributed by atoms with van der Waals surface area (Å²) in [4.78, 5) is 35.2. The lowest BCUT2D eigenvalue weighted by Gasteiger charge is -2.14. The summed E-state index contributed by atoms with van der Waals surface area (Å²) >= 11 is 0. The van der Waals surface area contributed by atoms with Gasteiger partial charge in [0.15, 0.2) is 6.10 Å². The molecule has 3 aromatic carbocycles. The quantitative estimate of drug-likeness (QED) is 0.361. The van der Waals surface area contributed by atoms with Gasteiger partial charge < -0.3 is 14.8 Å². The molecule has 1 N–H and O–H groups in total. The summed E-state index contributed by atoms with van der Waals surface area (Å²) in [6.07, 6.45) is -1.12. The average Bonchev–Trinajstić information content (AvgIpc) is 2.73. The highest BCUT2D eigenvalue weighted by Crippen LogP contribution is 2.29. The van der Waals surface area contributed by atoms with Crippen molar-refractivity contribution in [2.24, 2.45) is 0 Å². The highest BCUT2D eigenvalue weighted by Gasteiger charge is 2.22. The van der Waals surface area contributed by atoms with Crippen LogP contribution < -0.4 is 10.1 Å². The lowest BCUT2D eigenvalue weighted by atomic mass is 10.1. The minimum absolute atomic E-state index is 0.00510. The van der Waals surface area contributed by atoms with E-state index in [0.29, 0.717) is 0 Å². The lowest BCUT2D eigenvalue weighted by molar-refractivity contribution is -0.384. The number of carbonyl (C=O) groups excluding carboxylic acids is 2. The van der Waals surface area contributed by atoms with Gasteiger partial charge in [0.05, 0.1) is 24.5 Å². The molecule has 0 radical (unpaired) electrons. The van der Waals surface area contributed by atoms with E-state index in [1.54, 1.807) is 0 Å². The van der Waals surface area contributed by atoms with Crippen LogP contribution in [0.25, 0.3) is 10.8 Å². The number of nitro benzene ring substituents is 1. The van der Waals surface area contributed by atoms with E-state index in [1.807, 2.05) is 42.5 Å². The van der Waals surface area contributed by atoms with Crippen molar-refractivity contribution in [2.45, 2.75) is 19.4 Å². The van der Waals surface area contributed by atoms with Crippen LogP contribution in [0.1, 0.15) is 12.5 Å². The van der Waals surface area contributed by atoms with E-state index in [4.69, 9.17) is 9.47 Å². The van der Waals surface area contributed by atoms with Gasteiger partial charge in [-0.3, -0.25) is 19.7 Å². The summed E-state index contributed by atoms with van der Waals surface area (Å²) in [5, 5.41) is 15.7. The molecule has 0 bridgehead atoms. The van der Waals surface area contributed by atoms with E-state index < -0.39 is 22.9 Å². The SMILES string of the molecule is COc1ccc(NC(=O)[C@H](C)OC(=O)Cc2ccc3ccccc3c2)c([N+](=O)[O-])c1. The van der Waals surface area contributed by atoms with Crippen LogP contribution in [0.15, 0.2) is 60.7 Å². The van der Waals surface area contributed by atoms with Gasteiger partial charge in [0.1, 0.15) is 11.4 Å². The molecule has 0 aromatic heterocycles. The Morgan fingerprint density at radius 1 is 1.07 bits per heavy atom. The fraction of sp³-hybridized carbons (Fsp3) is 0.182. The molecule has 0 spiro atoms. The molecule has 8 nitrogen and oxygen atoms in total. The van der Waals surface area contributed by atoms with Crippen LogP contribution in [0.3, 0.4) is 0 Å². The summed E-state index contributed by atoms with van der Waals surface area (Å²) < 4.78 is 10.2. The molecule has 8 heteroatoms. The number of benzene rings is 3. The Morgan fingerprint density at radius 2 is 1.80 bits per heavy atom. The number of rotatable bonds is 7. The van der Waals surface area contributed by atoms with Crippen molar-refractivity contribution in [3.8, 4) is 5.75 Å². The molecule has 0 heterocycles. The van der Waals surface area contributed by atoms with Crippen molar-refractivity contribution in [3.63, 3.8) is 0 Å². The van der Waals surface area contributed by atoms with Crippen LogP contribution in [0, 0.1) is 10.1 Å². The molecule has 1 amide bonds. The fourth-order valence-electron chi connectivity index (χ4n) is 2.94. The molecule has 3 rings (SSSR count). The van der Waals surface area contributed by atoms with Crippen LogP contribution in [0.4, 0.5) is 11.4 Å². The Labute approximate surface area is 172 Å². The Hall–Kier alpha value is -3.94. The van der Waals surface area contributed by atoms with Crippen LogP contribution in [-0.2, 0) is 20.7 Å². The maximum absolute atomic E-state index is 12.4. The number of nitrogens with zero attached hydrogens (tertiary/aromatic N) is 1. The highest BCUT2D eigenvalue weighted by atomic mass is 16.6. The molecule has 0 saturated carbocycles. The van der Waals surface area contributed by atoms with Crippen molar-refractivity contribution >= 4 is 34.0 Å². The molecule has 0 aliphatic carbocycles. The molecule has 3 aromatic rings. The maximum atomic E-state index is 12.4. The van der Waals surface area contributed by atoms with E-state index in [9.17, 15) is 19.7 Å². The summed E-state index contributed by atoms with van der Waals surface area (Å²) in [7, 11) is 1.38. The predicted octanol–water partition coefficient (Wildman–Crippen LogP) is 3.87. The zero-order valence-electron chi connectivity index (χ0n) is 16.5. The van der Waals surface area contributed by atoms with Crippen molar-refractivity contribution in [3.05, 3.63) is 76.3 Å². The first-order valence-electron chi connectivity index (χ1n) is 9.18. The third kappa shape index (κ3) is 4.91. The Balaban J connectivity index is 1.63. The van der Waals surface area contributed by atoms with E-state index in [0.717, 1.165) is 16.3 Å². The van der Waals surface area contributed by atoms with Gasteiger partial charge in [-0.2, -0.15) is 0 Å². The molecule has 0 fully saturated rings. The topological polar surface area (TPSA) is 108 Å². The van der Waals surface area contributed by atoms with Crippen molar-refractivity contribution < 1.29 is 24.0 Å². The van der Waals surface area contributed by atoms with Crippen LogP contribution in [0.5, 0.6) is 5.75 Å². The third-order valence-electron chi connectivity index (χ3n) is 4.50. The molecule has 0 unspecified atom stereocenters. The first kappa shape index (κ1) is 20.8. The normalized spacial score (nSPS) is 11.5. The molecular weight excluding hydrogens is 388 g/mol. The number of ether oxygens (including phenoxy) is 2. The van der Waals surface area contributed by atoms with Crippen molar-refractivity contribution in [1.82, 2.24) is 0 Å². The first-order valence-corrected chi connectivity index (χ1v) is 9.18. The number of fused-ring (bicyclic) bond motifs is 1. The molecule has 0 aliphatic rings. The molecule has 1 atom stereocenters. The minimum atomic E-state index is -1.13. The summed E-state index contributed by atoms with van der Waals surface area (Å²) in [5.74, 6) is -0.957. The Kier molecular flexibility index (Phi) is 6.26. The molecule has 30 heavy (non-hydrogen) atoms. The second-order valence-electron chi connectivity index (χ2n) is 6.62. The zero-order valence-corrected chi connectivity index (χ0v) is 16.5. The van der Waals surface area contributed by atoms with Gasteiger partial charge >= 0.3 is 5.97 Å². The standard InChI is InChI=1S/C22H20N2O6/c1-14(22(26)23-19-10-9-18(29-2)13-20(19)24(27)28)30-21(25)12-15-7-8-16-5-3-4-6-17(16)11-15/h3-11,13-14H,12H2,1-2H3,(H,23,26)/t14-/m0/s1. The van der Waals surface area contributed by atoms with E-state index in [-0.39, 0.29) is 23.5 Å². The minimum Gasteiger partial charge on any atom is -0.496 e. The number of esters is 1. The Morgan fingerprint density at radius 3 is 2.50 bits per heavy atom. The number of nitrogens with one attached hydrogen (secondary N) is 1. The van der Waals surface area contributed by atoms with Crippen LogP contribution >= 0.6 is 0 Å². The second-order valence-corrected chi connectivity index (χ2v) is 6.62. The van der Waals surface area contributed by atoms with E-state index in [2.05, 4.69) is 5.32 Å². The maximum Gasteiger partial charge on any atom is 0.311 e. The van der Waals surface area contributed by atoms with Crippen molar-refractivity contribution in [1.29, 1.82) is 0 Å². The third-order valence-corrected chi connectivity index (χ3v) is 4.50. The number of hydrogen-bond donors (Lipinski definition) is 1. The lowest BCUT2D eigenvalue weighted by Crippen LogP contribution is -2.30. The first-order chi connectivity index (χ1) is 14.4. The van der Waals surface area contributed by atoms with Gasteiger partial charge in [-0.1, -0.05) is 42.5 Å². The summed E-state index contributed by atoms with van der Waals surface area (Å²) in [6.45, 7) is 1.41. The van der Waals surface area contributed by atoms with Gasteiger partial charge in [-0.25, -0.2) is 0 Å². The van der Waals surface area contributed by atoms with Gasteiger partial charge in [0.25, 0.3) is 11.6 Å². The van der Waals surface area contributed by atoms with Gasteiger partial charge in [0, 0.05) is 0 Å². The number of amides is 1. The largest absolute Gasteiger partial charge is 0.496 e. The van der Waals surface area contributed by atoms with E-state index in [1.165, 1.54) is 32.2 Å².